The van der Waals surface area contributed by atoms with Crippen molar-refractivity contribution in [3.8, 4) is 0 Å². The molecule has 0 aliphatic heterocycles. The first kappa shape index (κ1) is 11.8. The zero-order chi connectivity index (χ0) is 11.1. The Morgan fingerprint density at radius 3 is 2.40 bits per heavy atom. The number of aromatic amines is 1. The van der Waals surface area contributed by atoms with Crippen LogP contribution in [0.25, 0.3) is 10.9 Å². The lowest BCUT2D eigenvalue weighted by Crippen LogP contribution is -1.77. The number of rotatable bonds is 2. The van der Waals surface area contributed by atoms with Gasteiger partial charge in [-0.2, -0.15) is 0 Å². The molecule has 0 bridgehead atoms. The summed E-state index contributed by atoms with van der Waals surface area (Å²) in [6.07, 6.45) is 5.75. The van der Waals surface area contributed by atoms with Gasteiger partial charge in [-0.05, 0) is 18.1 Å². The Hall–Kier alpha value is -1.24. The number of hydrogen-bond acceptors (Lipinski definition) is 0. The van der Waals surface area contributed by atoms with Gasteiger partial charge in [-0.1, -0.05) is 51.8 Å². The summed E-state index contributed by atoms with van der Waals surface area (Å²) in [5.74, 6) is 0. The molecule has 15 heavy (non-hydrogen) atoms. The van der Waals surface area contributed by atoms with E-state index in [1.165, 1.54) is 35.7 Å². The van der Waals surface area contributed by atoms with Crippen LogP contribution in [-0.4, -0.2) is 4.98 Å². The number of aryl methyl sites for hydroxylation is 1. The summed E-state index contributed by atoms with van der Waals surface area (Å²) in [4.78, 5) is 3.27. The standard InChI is InChI=1S/C11H13N.C3H8/c1-2-5-9-8-12-11-7-4-3-6-10(9)11;1-3-2/h3-4,6-8,12H,2,5H2,1H3;3H2,1-2H3. The Bertz CT molecular complexity index is 387. The van der Waals surface area contributed by atoms with Gasteiger partial charge in [-0.15, -0.1) is 0 Å². The smallest absolute Gasteiger partial charge is 0.0456 e. The second-order valence-electron chi connectivity index (χ2n) is 3.82. The molecule has 0 aliphatic carbocycles. The Kier molecular flexibility index (Phi) is 4.96. The molecule has 0 fully saturated rings. The highest BCUT2D eigenvalue weighted by atomic mass is 14.7. The van der Waals surface area contributed by atoms with Crippen molar-refractivity contribution in [1.82, 2.24) is 4.98 Å². The summed E-state index contributed by atoms with van der Waals surface area (Å²) >= 11 is 0. The molecule has 0 spiro atoms. The summed E-state index contributed by atoms with van der Waals surface area (Å²) in [5.41, 5.74) is 2.69. The minimum absolute atomic E-state index is 1.17. The summed E-state index contributed by atoms with van der Waals surface area (Å²) in [5, 5.41) is 1.37. The largest absolute Gasteiger partial charge is 0.361 e. The van der Waals surface area contributed by atoms with Crippen LogP contribution in [0.2, 0.25) is 0 Å². The van der Waals surface area contributed by atoms with E-state index in [0.717, 1.165) is 0 Å². The maximum absolute atomic E-state index is 3.27. The van der Waals surface area contributed by atoms with Crippen LogP contribution in [0.3, 0.4) is 0 Å². The van der Waals surface area contributed by atoms with Gasteiger partial charge in [0, 0.05) is 17.1 Å². The van der Waals surface area contributed by atoms with E-state index in [9.17, 15) is 0 Å². The summed E-state index contributed by atoms with van der Waals surface area (Å²) in [6, 6.07) is 8.45. The molecule has 1 N–H and O–H groups in total. The average Bonchev–Trinajstić information content (AvgIpc) is 2.64. The highest BCUT2D eigenvalue weighted by Gasteiger charge is 1.99. The van der Waals surface area contributed by atoms with Crippen molar-refractivity contribution in [2.75, 3.05) is 0 Å². The molecular weight excluding hydrogens is 182 g/mol. The van der Waals surface area contributed by atoms with Gasteiger partial charge in [0.25, 0.3) is 0 Å². The monoisotopic (exact) mass is 203 g/mol. The first-order chi connectivity index (χ1) is 7.33. The lowest BCUT2D eigenvalue weighted by molar-refractivity contribution is 0.929. The number of nitrogens with one attached hydrogen (secondary N) is 1. The van der Waals surface area contributed by atoms with E-state index in [4.69, 9.17) is 0 Å². The fourth-order valence-electron chi connectivity index (χ4n) is 1.61. The molecule has 0 unspecified atom stereocenters. The molecule has 82 valence electrons. The second-order valence-corrected chi connectivity index (χ2v) is 3.82. The van der Waals surface area contributed by atoms with Gasteiger partial charge in [-0.3, -0.25) is 0 Å². The van der Waals surface area contributed by atoms with Crippen molar-refractivity contribution < 1.29 is 0 Å². The van der Waals surface area contributed by atoms with Gasteiger partial charge >= 0.3 is 0 Å². The number of H-pyrrole nitrogens is 1. The van der Waals surface area contributed by atoms with E-state index in [1.54, 1.807) is 0 Å². The zero-order valence-corrected chi connectivity index (χ0v) is 10.0. The lowest BCUT2D eigenvalue weighted by Gasteiger charge is -1.93. The van der Waals surface area contributed by atoms with Gasteiger partial charge in [0.1, 0.15) is 0 Å². The average molecular weight is 203 g/mol. The summed E-state index contributed by atoms with van der Waals surface area (Å²) in [7, 11) is 0. The molecule has 0 radical (unpaired) electrons. The maximum Gasteiger partial charge on any atom is 0.0456 e. The van der Waals surface area contributed by atoms with Crippen molar-refractivity contribution in [2.45, 2.75) is 40.0 Å². The normalized spacial score (nSPS) is 9.80. The van der Waals surface area contributed by atoms with Crippen molar-refractivity contribution in [1.29, 1.82) is 0 Å². The van der Waals surface area contributed by atoms with E-state index >= 15 is 0 Å². The maximum atomic E-state index is 3.27. The Labute approximate surface area is 92.5 Å². The highest BCUT2D eigenvalue weighted by molar-refractivity contribution is 5.82. The lowest BCUT2D eigenvalue weighted by atomic mass is 10.1. The molecule has 1 heterocycles. The van der Waals surface area contributed by atoms with Crippen LogP contribution >= 0.6 is 0 Å². The number of fused-ring (bicyclic) bond motifs is 1. The second kappa shape index (κ2) is 6.28. The van der Waals surface area contributed by atoms with Crippen LogP contribution in [0.1, 0.15) is 39.2 Å². The van der Waals surface area contributed by atoms with Gasteiger partial charge < -0.3 is 4.98 Å². The van der Waals surface area contributed by atoms with Crippen LogP contribution in [0.4, 0.5) is 0 Å². The number of benzene rings is 1. The van der Waals surface area contributed by atoms with Crippen LogP contribution in [0, 0.1) is 0 Å². The van der Waals surface area contributed by atoms with E-state index < -0.39 is 0 Å². The predicted octanol–water partition coefficient (Wildman–Crippen LogP) is 4.54. The molecule has 2 rings (SSSR count). The first-order valence-corrected chi connectivity index (χ1v) is 5.88. The summed E-state index contributed by atoms with van der Waals surface area (Å²) < 4.78 is 0. The molecular formula is C14H21N. The quantitative estimate of drug-likeness (QED) is 0.737. The SMILES string of the molecule is CCC.CCCc1c[nH]c2ccccc12. The Morgan fingerprint density at radius 1 is 1.07 bits per heavy atom. The Morgan fingerprint density at radius 2 is 1.73 bits per heavy atom. The third-order valence-corrected chi connectivity index (χ3v) is 2.19. The van der Waals surface area contributed by atoms with E-state index in [1.807, 2.05) is 0 Å². The molecule has 2 aromatic rings. The van der Waals surface area contributed by atoms with Gasteiger partial charge in [0.15, 0.2) is 0 Å². The molecule has 1 nitrogen and oxygen atoms in total. The van der Waals surface area contributed by atoms with Crippen molar-refractivity contribution in [3.63, 3.8) is 0 Å². The van der Waals surface area contributed by atoms with Gasteiger partial charge in [-0.25, -0.2) is 0 Å². The minimum Gasteiger partial charge on any atom is -0.361 e. The zero-order valence-electron chi connectivity index (χ0n) is 10.0. The topological polar surface area (TPSA) is 15.8 Å². The third-order valence-electron chi connectivity index (χ3n) is 2.19. The Balaban J connectivity index is 0.000000337. The van der Waals surface area contributed by atoms with E-state index in [2.05, 4.69) is 56.2 Å². The fourth-order valence-corrected chi connectivity index (χ4v) is 1.61. The molecule has 1 heteroatoms. The molecule has 1 aromatic carbocycles. The van der Waals surface area contributed by atoms with Crippen LogP contribution in [0.15, 0.2) is 30.5 Å². The number of hydrogen-bond donors (Lipinski definition) is 1. The van der Waals surface area contributed by atoms with Gasteiger partial charge in [0.05, 0.1) is 0 Å². The van der Waals surface area contributed by atoms with Gasteiger partial charge in [0.2, 0.25) is 0 Å². The molecule has 0 aliphatic rings. The van der Waals surface area contributed by atoms with E-state index in [-0.39, 0.29) is 0 Å². The molecule has 0 saturated heterocycles. The molecule has 1 aromatic heterocycles. The van der Waals surface area contributed by atoms with Crippen LogP contribution in [0.5, 0.6) is 0 Å². The third kappa shape index (κ3) is 3.12. The van der Waals surface area contributed by atoms with E-state index in [0.29, 0.717) is 0 Å². The molecule has 0 amide bonds. The number of para-hydroxylation sites is 1. The highest BCUT2D eigenvalue weighted by Crippen LogP contribution is 2.18. The van der Waals surface area contributed by atoms with Crippen molar-refractivity contribution in [2.24, 2.45) is 0 Å². The van der Waals surface area contributed by atoms with Crippen molar-refractivity contribution in [3.05, 3.63) is 36.0 Å². The minimum atomic E-state index is 1.17. The predicted molar refractivity (Wildman–Crippen MR) is 68.3 cm³/mol. The fraction of sp³-hybridized carbons (Fsp3) is 0.429. The number of aromatic nitrogens is 1. The first-order valence-electron chi connectivity index (χ1n) is 5.88. The van der Waals surface area contributed by atoms with Crippen LogP contribution < -0.4 is 0 Å². The van der Waals surface area contributed by atoms with Crippen molar-refractivity contribution >= 4 is 10.9 Å². The van der Waals surface area contributed by atoms with Crippen LogP contribution in [-0.2, 0) is 6.42 Å². The molecule has 0 saturated carbocycles. The molecule has 0 atom stereocenters. The summed E-state index contributed by atoms with van der Waals surface area (Å²) in [6.45, 7) is 6.46.